The summed E-state index contributed by atoms with van der Waals surface area (Å²) in [5.41, 5.74) is 3.66. The molecule has 1 atom stereocenters. The smallest absolute Gasteiger partial charge is 0.206 e. The lowest BCUT2D eigenvalue weighted by atomic mass is 10.1. The Morgan fingerprint density at radius 3 is 2.67 bits per heavy atom. The standard InChI is InChI=1S/C13H19FN4/c1-9(8-10-2-4-11(14)5-3-10)16-13(18-15)17-12-6-7-12/h2-5,9,12H,6-8,15H2,1H3,(H2,16,17,18). The van der Waals surface area contributed by atoms with E-state index >= 15 is 0 Å². The molecule has 1 saturated carbocycles. The SMILES string of the molecule is CC(Cc1ccc(F)cc1)NC(=NC1CC1)NN. The second-order valence-corrected chi connectivity index (χ2v) is 4.73. The van der Waals surface area contributed by atoms with Gasteiger partial charge in [0, 0.05) is 6.04 Å². The topological polar surface area (TPSA) is 62.4 Å². The van der Waals surface area contributed by atoms with Gasteiger partial charge in [-0.2, -0.15) is 0 Å². The van der Waals surface area contributed by atoms with E-state index in [4.69, 9.17) is 5.84 Å². The van der Waals surface area contributed by atoms with Gasteiger partial charge < -0.3 is 5.32 Å². The first-order chi connectivity index (χ1) is 8.67. The van der Waals surface area contributed by atoms with Gasteiger partial charge in [0.25, 0.3) is 0 Å². The second kappa shape index (κ2) is 5.82. The van der Waals surface area contributed by atoms with Crippen LogP contribution < -0.4 is 16.6 Å². The molecule has 98 valence electrons. The number of nitrogens with two attached hydrogens (primary N) is 1. The van der Waals surface area contributed by atoms with E-state index in [1.54, 1.807) is 12.1 Å². The molecular formula is C13H19FN4. The fourth-order valence-electron chi connectivity index (χ4n) is 1.76. The van der Waals surface area contributed by atoms with Crippen LogP contribution in [0, 0.1) is 5.82 Å². The minimum absolute atomic E-state index is 0.184. The molecule has 0 saturated heterocycles. The van der Waals surface area contributed by atoms with E-state index in [2.05, 4.69) is 15.7 Å². The summed E-state index contributed by atoms with van der Waals surface area (Å²) >= 11 is 0. The van der Waals surface area contributed by atoms with Gasteiger partial charge in [0.1, 0.15) is 5.82 Å². The molecule has 0 radical (unpaired) electrons. The lowest BCUT2D eigenvalue weighted by molar-refractivity contribution is 0.620. The van der Waals surface area contributed by atoms with Crippen molar-refractivity contribution in [3.63, 3.8) is 0 Å². The van der Waals surface area contributed by atoms with Crippen LogP contribution in [0.25, 0.3) is 0 Å². The number of hydrazine groups is 1. The maximum Gasteiger partial charge on any atom is 0.206 e. The Morgan fingerprint density at radius 2 is 2.11 bits per heavy atom. The molecule has 4 N–H and O–H groups in total. The predicted octanol–water partition coefficient (Wildman–Crippen LogP) is 1.33. The van der Waals surface area contributed by atoms with Gasteiger partial charge in [-0.25, -0.2) is 15.2 Å². The van der Waals surface area contributed by atoms with Crippen LogP contribution in [0.3, 0.4) is 0 Å². The van der Waals surface area contributed by atoms with E-state index in [9.17, 15) is 4.39 Å². The molecule has 1 fully saturated rings. The number of hydrogen-bond donors (Lipinski definition) is 3. The average Bonchev–Trinajstić information content (AvgIpc) is 3.15. The summed E-state index contributed by atoms with van der Waals surface area (Å²) in [4.78, 5) is 4.41. The summed E-state index contributed by atoms with van der Waals surface area (Å²) in [7, 11) is 0. The molecule has 0 aliphatic heterocycles. The third-order valence-electron chi connectivity index (χ3n) is 2.83. The highest BCUT2D eigenvalue weighted by Crippen LogP contribution is 2.23. The van der Waals surface area contributed by atoms with Crippen molar-refractivity contribution in [2.24, 2.45) is 10.8 Å². The Morgan fingerprint density at radius 1 is 1.44 bits per heavy atom. The molecular weight excluding hydrogens is 231 g/mol. The predicted molar refractivity (Wildman–Crippen MR) is 70.5 cm³/mol. The van der Waals surface area contributed by atoms with E-state index in [0.717, 1.165) is 24.8 Å². The van der Waals surface area contributed by atoms with Gasteiger partial charge in [0.05, 0.1) is 6.04 Å². The van der Waals surface area contributed by atoms with Crippen LogP contribution in [-0.4, -0.2) is 18.0 Å². The van der Waals surface area contributed by atoms with Crippen LogP contribution >= 0.6 is 0 Å². The zero-order valence-electron chi connectivity index (χ0n) is 10.5. The summed E-state index contributed by atoms with van der Waals surface area (Å²) in [6.07, 6.45) is 3.07. The van der Waals surface area contributed by atoms with Crippen LogP contribution in [0.15, 0.2) is 29.3 Å². The summed E-state index contributed by atoms with van der Waals surface area (Å²) in [6, 6.07) is 7.14. The van der Waals surface area contributed by atoms with Crippen LogP contribution in [-0.2, 0) is 6.42 Å². The Kier molecular flexibility index (Phi) is 4.15. The van der Waals surface area contributed by atoms with Crippen LogP contribution in [0.4, 0.5) is 4.39 Å². The molecule has 0 amide bonds. The third-order valence-corrected chi connectivity index (χ3v) is 2.83. The first-order valence-electron chi connectivity index (χ1n) is 6.23. The van der Waals surface area contributed by atoms with Crippen LogP contribution in [0.1, 0.15) is 25.3 Å². The number of guanidine groups is 1. The van der Waals surface area contributed by atoms with Gasteiger partial charge in [-0.15, -0.1) is 0 Å². The van der Waals surface area contributed by atoms with Crippen molar-refractivity contribution in [1.82, 2.24) is 10.7 Å². The average molecular weight is 250 g/mol. The zero-order valence-corrected chi connectivity index (χ0v) is 10.5. The summed E-state index contributed by atoms with van der Waals surface area (Å²) in [5.74, 6) is 5.84. The molecule has 2 rings (SSSR count). The summed E-state index contributed by atoms with van der Waals surface area (Å²) in [5, 5.41) is 3.22. The molecule has 1 aromatic rings. The Bertz CT molecular complexity index is 412. The maximum atomic E-state index is 12.8. The van der Waals surface area contributed by atoms with Crippen molar-refractivity contribution in [2.45, 2.75) is 38.3 Å². The lowest BCUT2D eigenvalue weighted by Gasteiger charge is -2.16. The monoisotopic (exact) mass is 250 g/mol. The quantitative estimate of drug-likeness (QED) is 0.327. The first-order valence-corrected chi connectivity index (χ1v) is 6.23. The normalized spacial score (nSPS) is 17.4. The number of nitrogens with zero attached hydrogens (tertiary/aromatic N) is 1. The molecule has 1 aliphatic carbocycles. The maximum absolute atomic E-state index is 12.8. The number of aliphatic imine (C=N–C) groups is 1. The van der Waals surface area contributed by atoms with Crippen LogP contribution in [0.5, 0.6) is 0 Å². The van der Waals surface area contributed by atoms with Gasteiger partial charge >= 0.3 is 0 Å². The van der Waals surface area contributed by atoms with Crippen LogP contribution in [0.2, 0.25) is 0 Å². The van der Waals surface area contributed by atoms with E-state index in [1.165, 1.54) is 12.1 Å². The molecule has 18 heavy (non-hydrogen) atoms. The molecule has 0 bridgehead atoms. The molecule has 0 spiro atoms. The van der Waals surface area contributed by atoms with E-state index in [0.29, 0.717) is 12.0 Å². The molecule has 1 aliphatic rings. The fourth-order valence-corrected chi connectivity index (χ4v) is 1.76. The summed E-state index contributed by atoms with van der Waals surface area (Å²) in [6.45, 7) is 2.04. The summed E-state index contributed by atoms with van der Waals surface area (Å²) < 4.78 is 12.8. The number of nitrogens with one attached hydrogen (secondary N) is 2. The van der Waals surface area contributed by atoms with Crippen molar-refractivity contribution < 1.29 is 4.39 Å². The first kappa shape index (κ1) is 12.8. The highest BCUT2D eigenvalue weighted by Gasteiger charge is 2.21. The zero-order chi connectivity index (χ0) is 13.0. The number of benzene rings is 1. The van der Waals surface area contributed by atoms with Crippen molar-refractivity contribution in [1.29, 1.82) is 0 Å². The van der Waals surface area contributed by atoms with Gasteiger partial charge in [0.2, 0.25) is 5.96 Å². The highest BCUT2D eigenvalue weighted by atomic mass is 19.1. The number of hydrogen-bond acceptors (Lipinski definition) is 2. The number of halogens is 1. The molecule has 1 unspecified atom stereocenters. The Labute approximate surface area is 106 Å². The van der Waals surface area contributed by atoms with Gasteiger partial charge in [-0.1, -0.05) is 12.1 Å². The van der Waals surface area contributed by atoms with E-state index < -0.39 is 0 Å². The van der Waals surface area contributed by atoms with Crippen molar-refractivity contribution >= 4 is 5.96 Å². The van der Waals surface area contributed by atoms with E-state index in [-0.39, 0.29) is 11.9 Å². The molecule has 0 heterocycles. The largest absolute Gasteiger partial charge is 0.353 e. The molecule has 1 aromatic carbocycles. The van der Waals surface area contributed by atoms with Crippen molar-refractivity contribution in [2.75, 3.05) is 0 Å². The van der Waals surface area contributed by atoms with E-state index in [1.807, 2.05) is 6.92 Å². The Balaban J connectivity index is 1.87. The Hall–Kier alpha value is -1.62. The highest BCUT2D eigenvalue weighted by molar-refractivity contribution is 5.79. The fraction of sp³-hybridized carbons (Fsp3) is 0.462. The lowest BCUT2D eigenvalue weighted by Crippen LogP contribution is -2.46. The third kappa shape index (κ3) is 4.00. The number of rotatable bonds is 4. The van der Waals surface area contributed by atoms with Gasteiger partial charge in [0.15, 0.2) is 0 Å². The minimum Gasteiger partial charge on any atom is -0.353 e. The van der Waals surface area contributed by atoms with Gasteiger partial charge in [-0.05, 0) is 43.9 Å². The van der Waals surface area contributed by atoms with Crippen molar-refractivity contribution in [3.8, 4) is 0 Å². The van der Waals surface area contributed by atoms with Gasteiger partial charge in [-0.3, -0.25) is 5.43 Å². The molecule has 0 aromatic heterocycles. The molecule has 4 nitrogen and oxygen atoms in total. The minimum atomic E-state index is -0.209. The second-order valence-electron chi connectivity index (χ2n) is 4.73. The van der Waals surface area contributed by atoms with Crippen molar-refractivity contribution in [3.05, 3.63) is 35.6 Å². The molecule has 5 heteroatoms.